The molecule has 0 radical (unpaired) electrons. The Kier molecular flexibility index (Phi) is 4.53. The fourth-order valence-corrected chi connectivity index (χ4v) is 2.60. The van der Waals surface area contributed by atoms with Crippen LogP contribution in [-0.4, -0.2) is 16.9 Å². The van der Waals surface area contributed by atoms with Gasteiger partial charge in [-0.3, -0.25) is 4.79 Å². The van der Waals surface area contributed by atoms with Crippen molar-refractivity contribution in [3.63, 3.8) is 0 Å². The monoisotopic (exact) mass is 276 g/mol. The first-order valence-electron chi connectivity index (χ1n) is 6.75. The third kappa shape index (κ3) is 3.77. The summed E-state index contributed by atoms with van der Waals surface area (Å²) in [4.78, 5) is 12.6. The van der Waals surface area contributed by atoms with E-state index in [1.54, 1.807) is 0 Å². The van der Waals surface area contributed by atoms with Crippen molar-refractivity contribution < 1.29 is 4.79 Å². The summed E-state index contributed by atoms with van der Waals surface area (Å²) in [5, 5.41) is 3.05. The molecule has 3 nitrogen and oxygen atoms in total. The number of thiocarbonyl (C=S) groups is 1. The van der Waals surface area contributed by atoms with Crippen LogP contribution in [0.3, 0.4) is 0 Å². The van der Waals surface area contributed by atoms with Gasteiger partial charge in [0.15, 0.2) is 0 Å². The van der Waals surface area contributed by atoms with Gasteiger partial charge >= 0.3 is 0 Å². The second kappa shape index (κ2) is 6.15. The predicted molar refractivity (Wildman–Crippen MR) is 80.9 cm³/mol. The Balaban J connectivity index is 1.87. The highest BCUT2D eigenvalue weighted by Gasteiger charge is 2.44. The summed E-state index contributed by atoms with van der Waals surface area (Å²) in [6.07, 6.45) is 2.38. The molecule has 3 atom stereocenters. The molecule has 0 bridgehead atoms. The van der Waals surface area contributed by atoms with Crippen LogP contribution < -0.4 is 11.1 Å². The van der Waals surface area contributed by atoms with Gasteiger partial charge in [-0.25, -0.2) is 0 Å². The highest BCUT2D eigenvalue weighted by Crippen LogP contribution is 2.47. The lowest BCUT2D eigenvalue weighted by atomic mass is 10.1. The van der Waals surface area contributed by atoms with E-state index in [1.807, 2.05) is 25.1 Å². The molecule has 0 heterocycles. The summed E-state index contributed by atoms with van der Waals surface area (Å²) < 4.78 is 0. The van der Waals surface area contributed by atoms with Crippen molar-refractivity contribution >= 4 is 23.1 Å². The molecular formula is C15H20N2OS. The van der Waals surface area contributed by atoms with Crippen molar-refractivity contribution in [2.45, 2.75) is 38.1 Å². The van der Waals surface area contributed by atoms with E-state index in [4.69, 9.17) is 18.0 Å². The van der Waals surface area contributed by atoms with Crippen LogP contribution in [0, 0.1) is 5.92 Å². The fourth-order valence-electron chi connectivity index (χ4n) is 2.40. The molecule has 3 N–H and O–H groups in total. The van der Waals surface area contributed by atoms with Gasteiger partial charge in [0.1, 0.15) is 0 Å². The van der Waals surface area contributed by atoms with E-state index in [1.165, 1.54) is 5.56 Å². The molecule has 4 heteroatoms. The number of carbonyl (C=O) groups is 1. The number of carbonyl (C=O) groups excluding carboxylic acids is 1. The molecule has 19 heavy (non-hydrogen) atoms. The Morgan fingerprint density at radius 2 is 2.16 bits per heavy atom. The van der Waals surface area contributed by atoms with E-state index >= 15 is 0 Å². The molecule has 0 aliphatic heterocycles. The van der Waals surface area contributed by atoms with Crippen LogP contribution in [0.25, 0.3) is 0 Å². The SMILES string of the molecule is CCC(CC(N)=S)NC(=O)C1CC1c1ccccc1. The Hall–Kier alpha value is -1.42. The van der Waals surface area contributed by atoms with Crippen LogP contribution in [0.1, 0.15) is 37.7 Å². The Labute approximate surface area is 119 Å². The maximum absolute atomic E-state index is 12.1. The van der Waals surface area contributed by atoms with E-state index in [0.717, 1.165) is 12.8 Å². The normalized spacial score (nSPS) is 22.6. The van der Waals surface area contributed by atoms with Crippen LogP contribution >= 0.6 is 12.2 Å². The van der Waals surface area contributed by atoms with Gasteiger partial charge in [-0.1, -0.05) is 49.5 Å². The number of benzene rings is 1. The average Bonchev–Trinajstić information content (AvgIpc) is 3.18. The minimum atomic E-state index is 0.0713. The van der Waals surface area contributed by atoms with Crippen molar-refractivity contribution in [3.8, 4) is 0 Å². The maximum Gasteiger partial charge on any atom is 0.223 e. The van der Waals surface area contributed by atoms with Crippen molar-refractivity contribution in [1.82, 2.24) is 5.32 Å². The van der Waals surface area contributed by atoms with Gasteiger partial charge in [0.05, 0.1) is 4.99 Å². The zero-order chi connectivity index (χ0) is 13.8. The summed E-state index contributed by atoms with van der Waals surface area (Å²) in [5.74, 6) is 0.628. The fraction of sp³-hybridized carbons (Fsp3) is 0.467. The van der Waals surface area contributed by atoms with E-state index in [2.05, 4.69) is 17.4 Å². The van der Waals surface area contributed by atoms with Crippen molar-refractivity contribution in [3.05, 3.63) is 35.9 Å². The molecular weight excluding hydrogens is 256 g/mol. The van der Waals surface area contributed by atoms with Crippen molar-refractivity contribution in [2.75, 3.05) is 0 Å². The van der Waals surface area contributed by atoms with E-state index in [0.29, 0.717) is 17.3 Å². The smallest absolute Gasteiger partial charge is 0.223 e. The minimum absolute atomic E-state index is 0.0713. The Morgan fingerprint density at radius 1 is 1.47 bits per heavy atom. The second-order valence-corrected chi connectivity index (χ2v) is 5.67. The van der Waals surface area contributed by atoms with E-state index < -0.39 is 0 Å². The van der Waals surface area contributed by atoms with Crippen LogP contribution in [0.5, 0.6) is 0 Å². The summed E-state index contributed by atoms with van der Waals surface area (Å²) in [7, 11) is 0. The molecule has 1 amide bonds. The Morgan fingerprint density at radius 3 is 2.74 bits per heavy atom. The van der Waals surface area contributed by atoms with Gasteiger partial charge in [-0.2, -0.15) is 0 Å². The quantitative estimate of drug-likeness (QED) is 0.784. The lowest BCUT2D eigenvalue weighted by Crippen LogP contribution is -2.38. The number of hydrogen-bond acceptors (Lipinski definition) is 2. The number of rotatable bonds is 6. The largest absolute Gasteiger partial charge is 0.393 e. The highest BCUT2D eigenvalue weighted by atomic mass is 32.1. The first-order valence-corrected chi connectivity index (χ1v) is 7.16. The maximum atomic E-state index is 12.1. The number of nitrogens with two attached hydrogens (primary N) is 1. The molecule has 3 unspecified atom stereocenters. The molecule has 102 valence electrons. The number of nitrogens with one attached hydrogen (secondary N) is 1. The zero-order valence-electron chi connectivity index (χ0n) is 11.1. The summed E-state index contributed by atoms with van der Waals surface area (Å²) in [6.45, 7) is 2.03. The summed E-state index contributed by atoms with van der Waals surface area (Å²) in [5.41, 5.74) is 6.79. The van der Waals surface area contributed by atoms with Gasteiger partial charge in [-0.05, 0) is 24.3 Å². The standard InChI is InChI=1S/C15H20N2OS/c1-2-11(8-14(16)19)17-15(18)13-9-12(13)10-6-4-3-5-7-10/h3-7,11-13H,2,8-9H2,1H3,(H2,16,19)(H,17,18). The minimum Gasteiger partial charge on any atom is -0.393 e. The first kappa shape index (κ1) is 14.0. The molecule has 0 saturated heterocycles. The van der Waals surface area contributed by atoms with Crippen LogP contribution in [0.2, 0.25) is 0 Å². The van der Waals surface area contributed by atoms with Crippen LogP contribution in [0.15, 0.2) is 30.3 Å². The van der Waals surface area contributed by atoms with Gasteiger partial charge < -0.3 is 11.1 Å². The first-order chi connectivity index (χ1) is 9.11. The van der Waals surface area contributed by atoms with Gasteiger partial charge in [0.25, 0.3) is 0 Å². The summed E-state index contributed by atoms with van der Waals surface area (Å²) >= 11 is 4.90. The predicted octanol–water partition coefficient (Wildman–Crippen LogP) is 2.36. The van der Waals surface area contributed by atoms with Crippen molar-refractivity contribution in [2.24, 2.45) is 11.7 Å². The summed E-state index contributed by atoms with van der Waals surface area (Å²) in [6, 6.07) is 10.3. The second-order valence-electron chi connectivity index (χ2n) is 5.14. The molecule has 1 aromatic carbocycles. The van der Waals surface area contributed by atoms with Gasteiger partial charge in [0.2, 0.25) is 5.91 Å². The Bertz CT molecular complexity index is 460. The third-order valence-corrected chi connectivity index (χ3v) is 3.81. The lowest BCUT2D eigenvalue weighted by molar-refractivity contribution is -0.123. The molecule has 2 rings (SSSR count). The molecule has 1 aliphatic carbocycles. The highest BCUT2D eigenvalue weighted by molar-refractivity contribution is 7.80. The van der Waals surface area contributed by atoms with Gasteiger partial charge in [0, 0.05) is 18.4 Å². The molecule has 1 aromatic rings. The van der Waals surface area contributed by atoms with Crippen LogP contribution in [0.4, 0.5) is 0 Å². The average molecular weight is 276 g/mol. The molecule has 1 aliphatic rings. The third-order valence-electron chi connectivity index (χ3n) is 3.64. The molecule has 0 spiro atoms. The zero-order valence-corrected chi connectivity index (χ0v) is 12.0. The topological polar surface area (TPSA) is 55.1 Å². The van der Waals surface area contributed by atoms with E-state index in [9.17, 15) is 4.79 Å². The molecule has 1 fully saturated rings. The molecule has 1 saturated carbocycles. The van der Waals surface area contributed by atoms with Crippen LogP contribution in [-0.2, 0) is 4.79 Å². The number of amides is 1. The lowest BCUT2D eigenvalue weighted by Gasteiger charge is -2.16. The van der Waals surface area contributed by atoms with Gasteiger partial charge in [-0.15, -0.1) is 0 Å². The van der Waals surface area contributed by atoms with Crippen molar-refractivity contribution in [1.29, 1.82) is 0 Å². The van der Waals surface area contributed by atoms with E-state index in [-0.39, 0.29) is 17.9 Å². The molecule has 0 aromatic heterocycles. The number of hydrogen-bond donors (Lipinski definition) is 2.